The van der Waals surface area contributed by atoms with E-state index in [0.717, 1.165) is 26.1 Å². The highest BCUT2D eigenvalue weighted by molar-refractivity contribution is 4.92. The summed E-state index contributed by atoms with van der Waals surface area (Å²) in [6.07, 6.45) is 0.928. The standard InChI is InChI=1S/C8H17N3O/c1-10-3-6-2-7(12)4-11(6)5-8(10)9/h6-8,12H,2-5,9H2,1H3. The minimum absolute atomic E-state index is 0.131. The number of likely N-dealkylation sites (N-methyl/N-ethyl adjacent to an activating group) is 1. The smallest absolute Gasteiger partial charge is 0.0701 e. The fraction of sp³-hybridized carbons (Fsp3) is 1.00. The lowest BCUT2D eigenvalue weighted by Gasteiger charge is -2.39. The monoisotopic (exact) mass is 171 g/mol. The Balaban J connectivity index is 2.01. The van der Waals surface area contributed by atoms with Gasteiger partial charge in [0.25, 0.3) is 0 Å². The molecule has 3 N–H and O–H groups in total. The van der Waals surface area contributed by atoms with Crippen molar-refractivity contribution in [2.24, 2.45) is 5.73 Å². The highest BCUT2D eigenvalue weighted by Crippen LogP contribution is 2.22. The van der Waals surface area contributed by atoms with E-state index < -0.39 is 0 Å². The van der Waals surface area contributed by atoms with Crippen molar-refractivity contribution in [3.8, 4) is 0 Å². The van der Waals surface area contributed by atoms with Crippen LogP contribution in [-0.4, -0.2) is 59.9 Å². The van der Waals surface area contributed by atoms with Crippen molar-refractivity contribution in [3.63, 3.8) is 0 Å². The minimum Gasteiger partial charge on any atom is -0.392 e. The number of hydrogen-bond acceptors (Lipinski definition) is 4. The van der Waals surface area contributed by atoms with Crippen LogP contribution in [0.3, 0.4) is 0 Å². The molecule has 0 bridgehead atoms. The number of fused-ring (bicyclic) bond motifs is 1. The summed E-state index contributed by atoms with van der Waals surface area (Å²) in [6, 6.07) is 0.532. The Morgan fingerprint density at radius 3 is 2.83 bits per heavy atom. The third kappa shape index (κ3) is 1.35. The van der Waals surface area contributed by atoms with Crippen molar-refractivity contribution in [1.82, 2.24) is 9.80 Å². The third-order valence-corrected chi connectivity index (χ3v) is 2.99. The van der Waals surface area contributed by atoms with Crippen LogP contribution < -0.4 is 5.73 Å². The number of aliphatic hydroxyl groups excluding tert-OH is 1. The topological polar surface area (TPSA) is 52.7 Å². The van der Waals surface area contributed by atoms with Crippen molar-refractivity contribution in [2.75, 3.05) is 26.7 Å². The van der Waals surface area contributed by atoms with Gasteiger partial charge in [-0.15, -0.1) is 0 Å². The van der Waals surface area contributed by atoms with Gasteiger partial charge in [-0.05, 0) is 13.5 Å². The van der Waals surface area contributed by atoms with Gasteiger partial charge in [0.15, 0.2) is 0 Å². The van der Waals surface area contributed by atoms with Crippen LogP contribution in [0, 0.1) is 0 Å². The average Bonchev–Trinajstić information content (AvgIpc) is 2.30. The van der Waals surface area contributed by atoms with Crippen molar-refractivity contribution in [1.29, 1.82) is 0 Å². The molecular weight excluding hydrogens is 154 g/mol. The Bertz CT molecular complexity index is 158. The highest BCUT2D eigenvalue weighted by atomic mass is 16.3. The molecule has 3 unspecified atom stereocenters. The summed E-state index contributed by atoms with van der Waals surface area (Å²) in [6.45, 7) is 2.71. The van der Waals surface area contributed by atoms with Gasteiger partial charge in [0.1, 0.15) is 0 Å². The van der Waals surface area contributed by atoms with E-state index in [9.17, 15) is 5.11 Å². The maximum Gasteiger partial charge on any atom is 0.0701 e. The fourth-order valence-corrected chi connectivity index (χ4v) is 2.22. The first-order chi connectivity index (χ1) is 5.66. The molecule has 4 heteroatoms. The molecule has 2 aliphatic heterocycles. The number of rotatable bonds is 0. The number of nitrogens with two attached hydrogens (primary N) is 1. The average molecular weight is 171 g/mol. The van der Waals surface area contributed by atoms with Gasteiger partial charge in [-0.2, -0.15) is 0 Å². The Labute approximate surface area is 72.9 Å². The second kappa shape index (κ2) is 2.96. The molecule has 0 spiro atoms. The molecule has 0 aliphatic carbocycles. The van der Waals surface area contributed by atoms with E-state index in [0.29, 0.717) is 6.04 Å². The van der Waals surface area contributed by atoms with Gasteiger partial charge >= 0.3 is 0 Å². The Kier molecular flexibility index (Phi) is 2.08. The van der Waals surface area contributed by atoms with Gasteiger partial charge in [-0.25, -0.2) is 0 Å². The van der Waals surface area contributed by atoms with Crippen molar-refractivity contribution in [3.05, 3.63) is 0 Å². The third-order valence-electron chi connectivity index (χ3n) is 2.99. The zero-order chi connectivity index (χ0) is 8.72. The second-order valence-electron chi connectivity index (χ2n) is 4.00. The summed E-state index contributed by atoms with van der Waals surface area (Å²) >= 11 is 0. The van der Waals surface area contributed by atoms with Crippen molar-refractivity contribution in [2.45, 2.75) is 24.7 Å². The summed E-state index contributed by atoms with van der Waals surface area (Å²) in [5.41, 5.74) is 5.88. The zero-order valence-electron chi connectivity index (χ0n) is 7.48. The van der Waals surface area contributed by atoms with E-state index >= 15 is 0 Å². The SMILES string of the molecule is CN1CC2CC(O)CN2CC1N. The van der Waals surface area contributed by atoms with Crippen LogP contribution in [-0.2, 0) is 0 Å². The Hall–Kier alpha value is -0.160. The van der Waals surface area contributed by atoms with Crippen LogP contribution in [0.4, 0.5) is 0 Å². The van der Waals surface area contributed by atoms with Crippen LogP contribution in [0.15, 0.2) is 0 Å². The highest BCUT2D eigenvalue weighted by Gasteiger charge is 2.36. The quantitative estimate of drug-likeness (QED) is 0.473. The molecule has 0 amide bonds. The van der Waals surface area contributed by atoms with Gasteiger partial charge < -0.3 is 10.8 Å². The van der Waals surface area contributed by atoms with Gasteiger partial charge in [-0.1, -0.05) is 0 Å². The van der Waals surface area contributed by atoms with E-state index in [2.05, 4.69) is 9.80 Å². The summed E-state index contributed by atoms with van der Waals surface area (Å²) in [5, 5.41) is 9.43. The van der Waals surface area contributed by atoms with Gasteiger partial charge in [0.05, 0.1) is 12.3 Å². The second-order valence-corrected chi connectivity index (χ2v) is 4.00. The Morgan fingerprint density at radius 1 is 1.33 bits per heavy atom. The predicted molar refractivity (Wildman–Crippen MR) is 46.6 cm³/mol. The lowest BCUT2D eigenvalue weighted by molar-refractivity contribution is 0.0719. The number of aliphatic hydroxyl groups is 1. The number of nitrogens with zero attached hydrogens (tertiary/aromatic N) is 2. The molecule has 12 heavy (non-hydrogen) atoms. The Morgan fingerprint density at radius 2 is 2.08 bits per heavy atom. The molecule has 3 atom stereocenters. The molecule has 0 aromatic carbocycles. The molecule has 2 fully saturated rings. The molecule has 0 saturated carbocycles. The predicted octanol–water partition coefficient (Wildman–Crippen LogP) is -1.35. The minimum atomic E-state index is -0.131. The zero-order valence-corrected chi connectivity index (χ0v) is 7.48. The van der Waals surface area contributed by atoms with Gasteiger partial charge in [0.2, 0.25) is 0 Å². The molecule has 2 saturated heterocycles. The molecule has 70 valence electrons. The lowest BCUT2D eigenvalue weighted by Crippen LogP contribution is -2.58. The first-order valence-corrected chi connectivity index (χ1v) is 4.55. The number of piperazine rings is 1. The summed E-state index contributed by atoms with van der Waals surface area (Å²) < 4.78 is 0. The fourth-order valence-electron chi connectivity index (χ4n) is 2.22. The molecular formula is C8H17N3O. The molecule has 0 aromatic rings. The van der Waals surface area contributed by atoms with Gasteiger partial charge in [-0.3, -0.25) is 9.80 Å². The normalized spacial score (nSPS) is 44.8. The molecule has 2 aliphatic rings. The van der Waals surface area contributed by atoms with Crippen molar-refractivity contribution >= 4 is 0 Å². The summed E-state index contributed by atoms with van der Waals surface area (Å²) in [4.78, 5) is 4.47. The first-order valence-electron chi connectivity index (χ1n) is 4.55. The van der Waals surface area contributed by atoms with E-state index in [4.69, 9.17) is 5.73 Å². The largest absolute Gasteiger partial charge is 0.392 e. The first kappa shape index (κ1) is 8.44. The van der Waals surface area contributed by atoms with Crippen LogP contribution in [0.25, 0.3) is 0 Å². The van der Waals surface area contributed by atoms with Crippen LogP contribution in [0.1, 0.15) is 6.42 Å². The van der Waals surface area contributed by atoms with Gasteiger partial charge in [0, 0.05) is 25.7 Å². The molecule has 0 aromatic heterocycles. The van der Waals surface area contributed by atoms with Crippen molar-refractivity contribution < 1.29 is 5.11 Å². The maximum atomic E-state index is 9.43. The maximum absolute atomic E-state index is 9.43. The van der Waals surface area contributed by atoms with E-state index in [1.807, 2.05) is 7.05 Å². The lowest BCUT2D eigenvalue weighted by atomic mass is 10.1. The molecule has 4 nitrogen and oxygen atoms in total. The molecule has 0 radical (unpaired) electrons. The molecule has 2 rings (SSSR count). The van der Waals surface area contributed by atoms with E-state index in [-0.39, 0.29) is 12.3 Å². The van der Waals surface area contributed by atoms with Crippen LogP contribution >= 0.6 is 0 Å². The number of hydrogen-bond donors (Lipinski definition) is 2. The molecule has 2 heterocycles. The summed E-state index contributed by atoms with van der Waals surface area (Å²) in [7, 11) is 2.05. The van der Waals surface area contributed by atoms with E-state index in [1.165, 1.54) is 0 Å². The van der Waals surface area contributed by atoms with Crippen LogP contribution in [0.5, 0.6) is 0 Å². The van der Waals surface area contributed by atoms with E-state index in [1.54, 1.807) is 0 Å². The van der Waals surface area contributed by atoms with Crippen LogP contribution in [0.2, 0.25) is 0 Å². The summed E-state index contributed by atoms with van der Waals surface area (Å²) in [5.74, 6) is 0.